The van der Waals surface area contributed by atoms with Crippen molar-refractivity contribution in [3.8, 4) is 0 Å². The van der Waals surface area contributed by atoms with Crippen LogP contribution in [-0.4, -0.2) is 43.8 Å². The maximum Gasteiger partial charge on any atom is 0.0878 e. The lowest BCUT2D eigenvalue weighted by Crippen LogP contribution is -2.43. The molecule has 0 saturated carbocycles. The highest BCUT2D eigenvalue weighted by Crippen LogP contribution is 2.28. The third kappa shape index (κ3) is 7.88. The van der Waals surface area contributed by atoms with Crippen LogP contribution in [0.5, 0.6) is 0 Å². The van der Waals surface area contributed by atoms with Gasteiger partial charge in [-0.1, -0.05) is 20.8 Å². The average molecular weight is 276 g/mol. The van der Waals surface area contributed by atoms with Crippen LogP contribution in [-0.2, 0) is 0 Å². The van der Waals surface area contributed by atoms with Gasteiger partial charge in [-0.05, 0) is 51.9 Å². The van der Waals surface area contributed by atoms with Gasteiger partial charge in [0.2, 0.25) is 0 Å². The minimum Gasteiger partial charge on any atom is -0.390 e. The molecule has 0 aromatic heterocycles. The molecule has 0 spiro atoms. The van der Waals surface area contributed by atoms with E-state index >= 15 is 0 Å². The quantitative estimate of drug-likeness (QED) is 0.572. The molecule has 0 aliphatic rings. The van der Waals surface area contributed by atoms with Crippen molar-refractivity contribution in [2.45, 2.75) is 90.6 Å². The van der Waals surface area contributed by atoms with Crippen molar-refractivity contribution in [3.63, 3.8) is 0 Å². The lowest BCUT2D eigenvalue weighted by molar-refractivity contribution is -0.0965. The molecule has 0 bridgehead atoms. The highest BCUT2D eigenvalue weighted by Gasteiger charge is 2.33. The molecule has 19 heavy (non-hydrogen) atoms. The van der Waals surface area contributed by atoms with Crippen molar-refractivity contribution >= 4 is 0 Å². The molecule has 3 unspecified atom stereocenters. The Bertz CT molecular complexity index is 260. The molecule has 4 heteroatoms. The summed E-state index contributed by atoms with van der Waals surface area (Å²) >= 11 is 0. The Morgan fingerprint density at radius 2 is 1.16 bits per heavy atom. The maximum absolute atomic E-state index is 10.3. The summed E-state index contributed by atoms with van der Waals surface area (Å²) < 4.78 is 0. The fraction of sp³-hybridized carbons (Fsp3) is 1.00. The summed E-state index contributed by atoms with van der Waals surface area (Å²) in [6.45, 7) is 10.9. The van der Waals surface area contributed by atoms with E-state index in [0.29, 0.717) is 6.42 Å². The van der Waals surface area contributed by atoms with Crippen molar-refractivity contribution in [1.29, 1.82) is 0 Å². The number of hydrogen-bond acceptors (Lipinski definition) is 4. The molecule has 0 amide bonds. The van der Waals surface area contributed by atoms with E-state index in [1.165, 1.54) is 13.8 Å². The Balaban J connectivity index is 4.30. The third-order valence-corrected chi connectivity index (χ3v) is 3.63. The summed E-state index contributed by atoms with van der Waals surface area (Å²) in [7, 11) is 0. The molecular formula is C15H32O4. The molecule has 0 aromatic rings. The summed E-state index contributed by atoms with van der Waals surface area (Å²) in [5.41, 5.74) is -2.31. The maximum atomic E-state index is 10.3. The summed E-state index contributed by atoms with van der Waals surface area (Å²) in [4.78, 5) is 0. The zero-order valence-corrected chi connectivity index (χ0v) is 13.3. The van der Waals surface area contributed by atoms with E-state index in [-0.39, 0.29) is 18.3 Å². The van der Waals surface area contributed by atoms with E-state index in [0.717, 1.165) is 6.42 Å². The largest absolute Gasteiger partial charge is 0.390 e. The molecule has 0 aliphatic heterocycles. The Labute approximate surface area is 117 Å². The van der Waals surface area contributed by atoms with Gasteiger partial charge in [0.1, 0.15) is 0 Å². The minimum absolute atomic E-state index is 0.115. The highest BCUT2D eigenvalue weighted by molar-refractivity contribution is 4.86. The van der Waals surface area contributed by atoms with E-state index in [1.54, 1.807) is 6.92 Å². The van der Waals surface area contributed by atoms with E-state index in [9.17, 15) is 20.4 Å². The van der Waals surface area contributed by atoms with Gasteiger partial charge in [-0.2, -0.15) is 0 Å². The van der Waals surface area contributed by atoms with Crippen LogP contribution in [0.15, 0.2) is 0 Å². The zero-order chi connectivity index (χ0) is 15.5. The summed E-state index contributed by atoms with van der Waals surface area (Å²) in [5.74, 6) is 0. The summed E-state index contributed by atoms with van der Waals surface area (Å²) in [6.07, 6.45) is 0.120. The number of aliphatic hydroxyl groups is 4. The fourth-order valence-corrected chi connectivity index (χ4v) is 1.83. The molecule has 116 valence electrons. The first-order valence-corrected chi connectivity index (χ1v) is 7.06. The van der Waals surface area contributed by atoms with Crippen LogP contribution < -0.4 is 0 Å². The Kier molecular flexibility index (Phi) is 6.47. The lowest BCUT2D eigenvalue weighted by Gasteiger charge is -2.33. The fourth-order valence-electron chi connectivity index (χ4n) is 1.83. The standard InChI is InChI=1S/C15H32O4/c1-13(2,3)9-7-12(17)15(6,19)10-8-11(16)14(4,5)18/h11-12,16-19H,7-10H2,1-6H3. The van der Waals surface area contributed by atoms with Crippen molar-refractivity contribution in [2.75, 3.05) is 0 Å². The van der Waals surface area contributed by atoms with Crippen molar-refractivity contribution < 1.29 is 20.4 Å². The summed E-state index contributed by atoms with van der Waals surface area (Å²) in [5, 5.41) is 39.7. The van der Waals surface area contributed by atoms with E-state index in [1.807, 2.05) is 0 Å². The molecule has 0 rings (SSSR count). The van der Waals surface area contributed by atoms with E-state index in [4.69, 9.17) is 0 Å². The molecule has 0 heterocycles. The van der Waals surface area contributed by atoms with Gasteiger partial charge < -0.3 is 20.4 Å². The predicted molar refractivity (Wildman–Crippen MR) is 76.9 cm³/mol. The summed E-state index contributed by atoms with van der Waals surface area (Å²) in [6, 6.07) is 0. The molecule has 3 atom stereocenters. The van der Waals surface area contributed by atoms with Gasteiger partial charge in [-0.25, -0.2) is 0 Å². The van der Waals surface area contributed by atoms with Crippen LogP contribution in [0, 0.1) is 5.41 Å². The Hall–Kier alpha value is -0.160. The molecular weight excluding hydrogens is 244 g/mol. The smallest absolute Gasteiger partial charge is 0.0878 e. The van der Waals surface area contributed by atoms with Crippen LogP contribution >= 0.6 is 0 Å². The van der Waals surface area contributed by atoms with Gasteiger partial charge in [0.15, 0.2) is 0 Å². The molecule has 0 fully saturated rings. The molecule has 4 N–H and O–H groups in total. The average Bonchev–Trinajstić information content (AvgIpc) is 2.19. The number of rotatable bonds is 7. The second-order valence-corrected chi connectivity index (χ2v) is 7.68. The van der Waals surface area contributed by atoms with Crippen LogP contribution in [0.3, 0.4) is 0 Å². The normalized spacial score (nSPS) is 19.9. The van der Waals surface area contributed by atoms with Gasteiger partial charge in [-0.3, -0.25) is 0 Å². The number of hydrogen-bond donors (Lipinski definition) is 4. The van der Waals surface area contributed by atoms with Crippen LogP contribution in [0.2, 0.25) is 0 Å². The van der Waals surface area contributed by atoms with Gasteiger partial charge >= 0.3 is 0 Å². The molecule has 0 aromatic carbocycles. The topological polar surface area (TPSA) is 80.9 Å². The first-order valence-electron chi connectivity index (χ1n) is 7.06. The van der Waals surface area contributed by atoms with Crippen molar-refractivity contribution in [2.24, 2.45) is 5.41 Å². The van der Waals surface area contributed by atoms with Crippen LogP contribution in [0.1, 0.15) is 67.2 Å². The van der Waals surface area contributed by atoms with E-state index in [2.05, 4.69) is 20.8 Å². The first kappa shape index (κ1) is 18.8. The van der Waals surface area contributed by atoms with Crippen molar-refractivity contribution in [1.82, 2.24) is 0 Å². The Morgan fingerprint density at radius 1 is 0.737 bits per heavy atom. The van der Waals surface area contributed by atoms with Gasteiger partial charge in [0.05, 0.1) is 23.4 Å². The van der Waals surface area contributed by atoms with E-state index < -0.39 is 23.4 Å². The van der Waals surface area contributed by atoms with Crippen LogP contribution in [0.25, 0.3) is 0 Å². The predicted octanol–water partition coefficient (Wildman–Crippen LogP) is 1.84. The SMILES string of the molecule is CC(C)(C)CCC(O)C(C)(O)CCC(O)C(C)(C)O. The lowest BCUT2D eigenvalue weighted by atomic mass is 9.82. The monoisotopic (exact) mass is 276 g/mol. The highest BCUT2D eigenvalue weighted by atomic mass is 16.3. The second kappa shape index (κ2) is 6.53. The third-order valence-electron chi connectivity index (χ3n) is 3.63. The minimum atomic E-state index is -1.24. The second-order valence-electron chi connectivity index (χ2n) is 7.68. The molecule has 0 aliphatic carbocycles. The zero-order valence-electron chi connectivity index (χ0n) is 13.3. The van der Waals surface area contributed by atoms with Gasteiger partial charge in [0, 0.05) is 0 Å². The van der Waals surface area contributed by atoms with Crippen LogP contribution in [0.4, 0.5) is 0 Å². The first-order chi connectivity index (χ1) is 8.26. The molecule has 0 saturated heterocycles. The Morgan fingerprint density at radius 3 is 1.53 bits per heavy atom. The number of aliphatic hydroxyl groups excluding tert-OH is 2. The van der Waals surface area contributed by atoms with Gasteiger partial charge in [-0.15, -0.1) is 0 Å². The molecule has 0 radical (unpaired) electrons. The molecule has 4 nitrogen and oxygen atoms in total. The van der Waals surface area contributed by atoms with Crippen molar-refractivity contribution in [3.05, 3.63) is 0 Å². The van der Waals surface area contributed by atoms with Gasteiger partial charge in [0.25, 0.3) is 0 Å².